The molecule has 3 aromatic rings. The van der Waals surface area contributed by atoms with Crippen molar-refractivity contribution in [3.63, 3.8) is 0 Å². The van der Waals surface area contributed by atoms with E-state index in [1.165, 1.54) is 24.3 Å². The number of hydrogen-bond acceptors (Lipinski definition) is 7. The molecule has 0 unspecified atom stereocenters. The van der Waals surface area contributed by atoms with Crippen LogP contribution in [0.4, 0.5) is 0 Å². The minimum atomic E-state index is -4.50. The molecule has 0 aliphatic rings. The Balaban J connectivity index is 1.81. The van der Waals surface area contributed by atoms with E-state index in [-0.39, 0.29) is 5.56 Å². The van der Waals surface area contributed by atoms with E-state index in [2.05, 4.69) is 21.8 Å². The van der Waals surface area contributed by atoms with Crippen molar-refractivity contribution in [2.75, 3.05) is 0 Å². The molecule has 0 saturated carbocycles. The van der Waals surface area contributed by atoms with Crippen LogP contribution < -0.4 is 9.86 Å². The molecule has 0 aliphatic carbocycles. The van der Waals surface area contributed by atoms with Crippen LogP contribution in [0.2, 0.25) is 0 Å². The number of rotatable bonds is 4. The summed E-state index contributed by atoms with van der Waals surface area (Å²) in [5.74, 6) is 4.66. The van der Waals surface area contributed by atoms with E-state index in [4.69, 9.17) is 5.14 Å². The van der Waals surface area contributed by atoms with Gasteiger partial charge in [-0.3, -0.25) is 9.78 Å². The van der Waals surface area contributed by atoms with E-state index >= 15 is 0 Å². The monoisotopic (exact) mass is 442 g/mol. The Labute approximate surface area is 173 Å². The van der Waals surface area contributed by atoms with E-state index in [1.807, 2.05) is 4.72 Å². The van der Waals surface area contributed by atoms with Crippen molar-refractivity contribution in [2.24, 2.45) is 5.14 Å². The van der Waals surface area contributed by atoms with Crippen LogP contribution in [0.25, 0.3) is 0 Å². The molecule has 0 aliphatic heterocycles. The number of hydrogen-bond donors (Lipinski definition) is 2. The van der Waals surface area contributed by atoms with Gasteiger partial charge in [0.2, 0.25) is 10.0 Å². The fourth-order valence-electron chi connectivity index (χ4n) is 2.32. The first-order valence-corrected chi connectivity index (χ1v) is 11.3. The average Bonchev–Trinajstić information content (AvgIpc) is 2.72. The first kappa shape index (κ1) is 21.1. The molecule has 0 radical (unpaired) electrons. The molecule has 30 heavy (non-hydrogen) atoms. The third kappa shape index (κ3) is 5.06. The van der Waals surface area contributed by atoms with Crippen LogP contribution in [-0.2, 0) is 20.0 Å². The smallest absolute Gasteiger partial charge is 0.266 e. The Morgan fingerprint density at radius 3 is 2.23 bits per heavy atom. The lowest BCUT2D eigenvalue weighted by molar-refractivity contribution is 0.0981. The zero-order valence-electron chi connectivity index (χ0n) is 15.2. The van der Waals surface area contributed by atoms with Gasteiger partial charge in [-0.05, 0) is 42.3 Å². The highest BCUT2D eigenvalue weighted by molar-refractivity contribution is 7.92. The molecule has 0 spiro atoms. The number of nitrogens with zero attached hydrogens (tertiary/aromatic N) is 2. The summed E-state index contributed by atoms with van der Waals surface area (Å²) in [5.41, 5.74) is 0.983. The number of nitrogens with two attached hydrogens (primary N) is 1. The van der Waals surface area contributed by atoms with E-state index in [1.54, 1.807) is 24.5 Å². The van der Waals surface area contributed by atoms with Gasteiger partial charge in [-0.15, -0.1) is 0 Å². The average molecular weight is 442 g/mol. The summed E-state index contributed by atoms with van der Waals surface area (Å²) in [7, 11) is -8.81. The van der Waals surface area contributed by atoms with Crippen molar-refractivity contribution in [1.29, 1.82) is 0 Å². The SMILES string of the molecule is NS(=O)(=O)c1ccccc1S(=O)(=O)NC(=O)c1ccc(C#Cc2cccnc2)nc1. The van der Waals surface area contributed by atoms with Crippen molar-refractivity contribution < 1.29 is 21.6 Å². The fourth-order valence-corrected chi connectivity index (χ4v) is 4.67. The van der Waals surface area contributed by atoms with E-state index in [0.29, 0.717) is 11.3 Å². The van der Waals surface area contributed by atoms with E-state index in [9.17, 15) is 21.6 Å². The maximum atomic E-state index is 12.5. The second-order valence-corrected chi connectivity index (χ2v) is 9.03. The zero-order valence-corrected chi connectivity index (χ0v) is 16.8. The van der Waals surface area contributed by atoms with Crippen LogP contribution in [0.1, 0.15) is 21.6 Å². The molecule has 0 fully saturated rings. The summed E-state index contributed by atoms with van der Waals surface area (Å²) in [4.78, 5) is 19.0. The van der Waals surface area contributed by atoms with Crippen LogP contribution in [0.15, 0.2) is 76.9 Å². The lowest BCUT2D eigenvalue weighted by Crippen LogP contribution is -2.32. The van der Waals surface area contributed by atoms with E-state index < -0.39 is 35.7 Å². The molecule has 3 N–H and O–H groups in total. The first-order chi connectivity index (χ1) is 14.2. The maximum absolute atomic E-state index is 12.5. The van der Waals surface area contributed by atoms with Crippen molar-refractivity contribution in [2.45, 2.75) is 9.79 Å². The van der Waals surface area contributed by atoms with Gasteiger partial charge in [0, 0.05) is 24.2 Å². The number of aromatic nitrogens is 2. The topological polar surface area (TPSA) is 149 Å². The number of carbonyl (C=O) groups excluding carboxylic acids is 1. The number of sulfonamides is 2. The minimum Gasteiger partial charge on any atom is -0.268 e. The molecule has 152 valence electrons. The lowest BCUT2D eigenvalue weighted by Gasteiger charge is -2.10. The maximum Gasteiger partial charge on any atom is 0.266 e. The largest absolute Gasteiger partial charge is 0.268 e. The Hall–Kier alpha value is -3.59. The number of nitrogens with one attached hydrogen (secondary N) is 1. The summed E-state index contributed by atoms with van der Waals surface area (Å²) in [6, 6.07) is 11.0. The summed E-state index contributed by atoms with van der Waals surface area (Å²) >= 11 is 0. The number of carbonyl (C=O) groups is 1. The van der Waals surface area contributed by atoms with Gasteiger partial charge in [0.25, 0.3) is 15.9 Å². The van der Waals surface area contributed by atoms with Gasteiger partial charge in [-0.1, -0.05) is 18.1 Å². The van der Waals surface area contributed by atoms with Gasteiger partial charge in [0.15, 0.2) is 0 Å². The number of amides is 1. The van der Waals surface area contributed by atoms with Crippen LogP contribution in [0.3, 0.4) is 0 Å². The predicted molar refractivity (Wildman–Crippen MR) is 107 cm³/mol. The minimum absolute atomic E-state index is 0.0569. The highest BCUT2D eigenvalue weighted by Gasteiger charge is 2.26. The molecular weight excluding hydrogens is 428 g/mol. The van der Waals surface area contributed by atoms with Crippen LogP contribution >= 0.6 is 0 Å². The highest BCUT2D eigenvalue weighted by atomic mass is 32.2. The van der Waals surface area contributed by atoms with Crippen molar-refractivity contribution in [3.8, 4) is 11.8 Å². The van der Waals surface area contributed by atoms with Gasteiger partial charge >= 0.3 is 0 Å². The summed E-state index contributed by atoms with van der Waals surface area (Å²) in [6.07, 6.45) is 4.36. The molecule has 9 nitrogen and oxygen atoms in total. The molecule has 2 aromatic heterocycles. The van der Waals surface area contributed by atoms with Gasteiger partial charge in [-0.25, -0.2) is 31.7 Å². The second kappa shape index (κ2) is 8.42. The number of pyridine rings is 2. The molecule has 1 aromatic carbocycles. The lowest BCUT2D eigenvalue weighted by atomic mass is 10.2. The van der Waals surface area contributed by atoms with Gasteiger partial charge < -0.3 is 0 Å². The first-order valence-electron chi connectivity index (χ1n) is 8.24. The normalized spacial score (nSPS) is 11.2. The van der Waals surface area contributed by atoms with Crippen molar-refractivity contribution in [3.05, 3.63) is 83.9 Å². The van der Waals surface area contributed by atoms with Crippen LogP contribution in [0, 0.1) is 11.8 Å². The van der Waals surface area contributed by atoms with E-state index in [0.717, 1.165) is 18.3 Å². The van der Waals surface area contributed by atoms with Crippen LogP contribution in [-0.4, -0.2) is 32.7 Å². The Kier molecular flexibility index (Phi) is 5.93. The number of benzene rings is 1. The van der Waals surface area contributed by atoms with Crippen molar-refractivity contribution >= 4 is 26.0 Å². The molecule has 2 heterocycles. The third-order valence-corrected chi connectivity index (χ3v) is 6.18. The van der Waals surface area contributed by atoms with Gasteiger partial charge in [0.05, 0.1) is 5.56 Å². The Bertz CT molecular complexity index is 1360. The zero-order chi connectivity index (χ0) is 21.8. The predicted octanol–water partition coefficient (Wildman–Crippen LogP) is 0.642. The molecule has 0 saturated heterocycles. The molecule has 0 bridgehead atoms. The molecular formula is C19H14N4O5S2. The molecule has 1 amide bonds. The standard InChI is InChI=1S/C19H14N4O5S2/c20-29(25,26)17-5-1-2-6-18(17)30(27,28)23-19(24)15-8-10-16(22-13-15)9-7-14-4-3-11-21-12-14/h1-6,8,10-13H,(H,23,24)(H2,20,25,26). The quantitative estimate of drug-likeness (QED) is 0.563. The Morgan fingerprint density at radius 2 is 1.63 bits per heavy atom. The summed E-state index contributed by atoms with van der Waals surface area (Å²) in [6.45, 7) is 0. The molecule has 11 heteroatoms. The summed E-state index contributed by atoms with van der Waals surface area (Å²) < 4.78 is 50.1. The van der Waals surface area contributed by atoms with Crippen LogP contribution in [0.5, 0.6) is 0 Å². The number of primary sulfonamides is 1. The molecule has 0 atom stereocenters. The van der Waals surface area contributed by atoms with Crippen molar-refractivity contribution in [1.82, 2.24) is 14.7 Å². The van der Waals surface area contributed by atoms with Gasteiger partial charge in [0.1, 0.15) is 15.5 Å². The third-order valence-electron chi connectivity index (χ3n) is 3.69. The van der Waals surface area contributed by atoms with Gasteiger partial charge in [-0.2, -0.15) is 0 Å². The Morgan fingerprint density at radius 1 is 0.900 bits per heavy atom. The highest BCUT2D eigenvalue weighted by Crippen LogP contribution is 2.19. The molecule has 3 rings (SSSR count). The fraction of sp³-hybridized carbons (Fsp3) is 0. The summed E-state index contributed by atoms with van der Waals surface area (Å²) in [5, 5.41) is 5.05. The second-order valence-electron chi connectivity index (χ2n) is 5.85.